The minimum absolute atomic E-state index is 0.250. The van der Waals surface area contributed by atoms with Gasteiger partial charge in [-0.2, -0.15) is 0 Å². The molecule has 3 rings (SSSR count). The molecule has 17 unspecified atom stereocenters. The summed E-state index contributed by atoms with van der Waals surface area (Å²) in [4.78, 5) is 13.4. The molecule has 88 heavy (non-hydrogen) atoms. The Morgan fingerprint density at radius 2 is 0.705 bits per heavy atom. The molecule has 0 radical (unpaired) electrons. The van der Waals surface area contributed by atoms with Crippen LogP contribution in [0.4, 0.5) is 0 Å². The van der Waals surface area contributed by atoms with Crippen molar-refractivity contribution in [1.82, 2.24) is 5.32 Å². The summed E-state index contributed by atoms with van der Waals surface area (Å²) in [6.07, 6.45) is 30.4. The molecule has 3 fully saturated rings. The third kappa shape index (κ3) is 33.6. The van der Waals surface area contributed by atoms with Gasteiger partial charge in [0.2, 0.25) is 5.91 Å². The number of hydrogen-bond acceptors (Lipinski definition) is 18. The Morgan fingerprint density at radius 3 is 1.07 bits per heavy atom. The fourth-order valence-electron chi connectivity index (χ4n) is 12.5. The van der Waals surface area contributed by atoms with Gasteiger partial charge in [0.1, 0.15) is 73.2 Å². The van der Waals surface area contributed by atoms with Crippen LogP contribution >= 0.6 is 0 Å². The number of unbranched alkanes of at least 4 members (excludes halogenated alkanes) is 40. The highest BCUT2D eigenvalue weighted by molar-refractivity contribution is 5.76. The molecule has 0 aromatic rings. The van der Waals surface area contributed by atoms with Gasteiger partial charge in [-0.05, 0) is 19.3 Å². The zero-order chi connectivity index (χ0) is 64.0. The molecule has 19 heteroatoms. The van der Waals surface area contributed by atoms with Crippen LogP contribution in [0.15, 0.2) is 12.2 Å². The fraction of sp³-hybridized carbons (Fsp3) is 0.957. The van der Waals surface area contributed by atoms with Crippen LogP contribution in [0.5, 0.6) is 0 Å². The molecule has 12 N–H and O–H groups in total. The Balaban J connectivity index is 1.43. The Labute approximate surface area is 531 Å². The fourth-order valence-corrected chi connectivity index (χ4v) is 12.5. The second-order valence-electron chi connectivity index (χ2n) is 26.1. The standard InChI is InChI=1S/C69H131NO18/c1-3-5-7-9-11-13-15-17-19-21-23-25-26-27-29-31-33-35-37-39-41-43-45-47-57(75)70-52(53(74)46-44-42-40-38-36-34-32-30-28-24-22-20-18-16-14-12-10-8-6-4-2)51-83-67-63(81)60(78)65(55(49-72)85-67)88-69-64(82)61(79)66(56(50-73)86-69)87-68-62(80)59(77)58(76)54(48-71)84-68/h44,46,52-56,58-69,71-74,76-82H,3-43,45,47-51H2,1-2H3,(H,70,75)/b46-44+. The van der Waals surface area contributed by atoms with E-state index in [0.717, 1.165) is 44.9 Å². The highest BCUT2D eigenvalue weighted by atomic mass is 16.8. The van der Waals surface area contributed by atoms with Gasteiger partial charge < -0.3 is 89.9 Å². The van der Waals surface area contributed by atoms with E-state index in [9.17, 15) is 61.0 Å². The summed E-state index contributed by atoms with van der Waals surface area (Å²) < 4.78 is 34.4. The summed E-state index contributed by atoms with van der Waals surface area (Å²) in [6.45, 7) is 1.78. The molecule has 17 atom stereocenters. The van der Waals surface area contributed by atoms with Gasteiger partial charge in [0, 0.05) is 6.42 Å². The van der Waals surface area contributed by atoms with Crippen molar-refractivity contribution < 1.29 is 89.4 Å². The van der Waals surface area contributed by atoms with E-state index in [0.29, 0.717) is 6.42 Å². The molecule has 1 amide bonds. The summed E-state index contributed by atoms with van der Waals surface area (Å²) >= 11 is 0. The normalized spacial score (nSPS) is 28.4. The number of hydrogen-bond donors (Lipinski definition) is 12. The van der Waals surface area contributed by atoms with Gasteiger partial charge in [0.25, 0.3) is 0 Å². The highest BCUT2D eigenvalue weighted by Crippen LogP contribution is 2.33. The van der Waals surface area contributed by atoms with Gasteiger partial charge in [-0.25, -0.2) is 0 Å². The Morgan fingerprint density at radius 1 is 0.398 bits per heavy atom. The van der Waals surface area contributed by atoms with Crippen molar-refractivity contribution in [2.45, 2.75) is 394 Å². The third-order valence-corrected chi connectivity index (χ3v) is 18.3. The lowest BCUT2D eigenvalue weighted by Crippen LogP contribution is -2.66. The molecule has 0 aromatic carbocycles. The third-order valence-electron chi connectivity index (χ3n) is 18.3. The van der Waals surface area contributed by atoms with Crippen LogP contribution in [0.2, 0.25) is 0 Å². The van der Waals surface area contributed by atoms with E-state index in [1.54, 1.807) is 6.08 Å². The zero-order valence-electron chi connectivity index (χ0n) is 55.0. The van der Waals surface area contributed by atoms with E-state index in [2.05, 4.69) is 19.2 Å². The summed E-state index contributed by atoms with van der Waals surface area (Å²) in [5.41, 5.74) is 0. The van der Waals surface area contributed by atoms with Gasteiger partial charge in [-0.15, -0.1) is 0 Å². The molecule has 0 aromatic heterocycles. The van der Waals surface area contributed by atoms with Crippen molar-refractivity contribution in [1.29, 1.82) is 0 Å². The van der Waals surface area contributed by atoms with E-state index in [-0.39, 0.29) is 18.9 Å². The molecule has 19 nitrogen and oxygen atoms in total. The summed E-state index contributed by atoms with van der Waals surface area (Å²) in [6, 6.07) is -0.969. The minimum Gasteiger partial charge on any atom is -0.394 e. The second kappa shape index (κ2) is 51.9. The summed E-state index contributed by atoms with van der Waals surface area (Å²) in [5, 5.41) is 121. The van der Waals surface area contributed by atoms with Crippen molar-refractivity contribution in [3.63, 3.8) is 0 Å². The first-order valence-electron chi connectivity index (χ1n) is 35.9. The maximum absolute atomic E-state index is 13.4. The van der Waals surface area contributed by atoms with Crippen molar-refractivity contribution in [3.8, 4) is 0 Å². The lowest BCUT2D eigenvalue weighted by molar-refractivity contribution is -0.379. The smallest absolute Gasteiger partial charge is 0.220 e. The first-order chi connectivity index (χ1) is 42.8. The molecular formula is C69H131NO18. The highest BCUT2D eigenvalue weighted by Gasteiger charge is 2.53. The van der Waals surface area contributed by atoms with Crippen LogP contribution in [-0.4, -0.2) is 193 Å². The van der Waals surface area contributed by atoms with Crippen LogP contribution < -0.4 is 5.32 Å². The number of nitrogens with one attached hydrogen (secondary N) is 1. The van der Waals surface area contributed by atoms with E-state index in [1.807, 2.05) is 6.08 Å². The monoisotopic (exact) mass is 1260 g/mol. The number of amides is 1. The molecule has 520 valence electrons. The molecule has 3 aliphatic heterocycles. The number of rotatable bonds is 56. The van der Waals surface area contributed by atoms with Crippen LogP contribution in [0.25, 0.3) is 0 Å². The van der Waals surface area contributed by atoms with E-state index in [1.165, 1.54) is 218 Å². The van der Waals surface area contributed by atoms with Crippen LogP contribution in [0.1, 0.15) is 290 Å². The average Bonchev–Trinajstić information content (AvgIpc) is 1.61. The summed E-state index contributed by atoms with van der Waals surface area (Å²) in [5.74, 6) is -0.268. The Kier molecular flexibility index (Phi) is 47.6. The molecule has 3 aliphatic rings. The van der Waals surface area contributed by atoms with Crippen molar-refractivity contribution in [3.05, 3.63) is 12.2 Å². The minimum atomic E-state index is -1.98. The maximum Gasteiger partial charge on any atom is 0.220 e. The number of carbonyl (C=O) groups excluding carboxylic acids is 1. The number of aliphatic hydroxyl groups excluding tert-OH is 11. The van der Waals surface area contributed by atoms with Crippen molar-refractivity contribution >= 4 is 5.91 Å². The number of allylic oxidation sites excluding steroid dienone is 1. The molecule has 0 saturated carbocycles. The first-order valence-corrected chi connectivity index (χ1v) is 35.9. The maximum atomic E-state index is 13.4. The van der Waals surface area contributed by atoms with Crippen LogP contribution in [0, 0.1) is 0 Å². The predicted molar refractivity (Wildman–Crippen MR) is 342 cm³/mol. The Hall–Kier alpha value is -1.47. The molecule has 0 spiro atoms. The Bertz CT molecular complexity index is 1650. The summed E-state index contributed by atoms with van der Waals surface area (Å²) in [7, 11) is 0. The van der Waals surface area contributed by atoms with Gasteiger partial charge in [-0.1, -0.05) is 276 Å². The topological polar surface area (TPSA) is 307 Å². The van der Waals surface area contributed by atoms with Crippen LogP contribution in [-0.2, 0) is 33.2 Å². The first kappa shape index (κ1) is 80.8. The predicted octanol–water partition coefficient (Wildman–Crippen LogP) is 9.67. The van der Waals surface area contributed by atoms with Gasteiger partial charge in [-0.3, -0.25) is 4.79 Å². The lowest BCUT2D eigenvalue weighted by Gasteiger charge is -2.48. The molecule has 3 saturated heterocycles. The molecular weight excluding hydrogens is 1130 g/mol. The second-order valence-corrected chi connectivity index (χ2v) is 26.1. The van der Waals surface area contributed by atoms with E-state index >= 15 is 0 Å². The van der Waals surface area contributed by atoms with Gasteiger partial charge in [0.15, 0.2) is 18.9 Å². The zero-order valence-corrected chi connectivity index (χ0v) is 55.0. The van der Waals surface area contributed by atoms with Crippen molar-refractivity contribution in [2.75, 3.05) is 26.4 Å². The van der Waals surface area contributed by atoms with Crippen molar-refractivity contribution in [2.24, 2.45) is 0 Å². The molecule has 3 heterocycles. The average molecular weight is 1260 g/mol. The quantitative estimate of drug-likeness (QED) is 0.0199. The number of carbonyl (C=O) groups is 1. The number of ether oxygens (including phenoxy) is 6. The number of aliphatic hydroxyl groups is 11. The van der Waals surface area contributed by atoms with Gasteiger partial charge >= 0.3 is 0 Å². The van der Waals surface area contributed by atoms with E-state index < -0.39 is 124 Å². The van der Waals surface area contributed by atoms with E-state index in [4.69, 9.17) is 28.4 Å². The molecule has 0 bridgehead atoms. The van der Waals surface area contributed by atoms with Gasteiger partial charge in [0.05, 0.1) is 38.6 Å². The van der Waals surface area contributed by atoms with Crippen LogP contribution in [0.3, 0.4) is 0 Å². The lowest BCUT2D eigenvalue weighted by atomic mass is 9.96. The largest absolute Gasteiger partial charge is 0.394 e. The molecule has 0 aliphatic carbocycles. The SMILES string of the molecule is CCCCCCCCCCCCCCCCCCCC/C=C/C(O)C(COC1OC(CO)C(OC2OC(CO)C(OC3OC(CO)C(O)C(O)C3O)C(O)C2O)C(O)C1O)NC(=O)CCCCCCCCCCCCCCCCCCCCCCCCC.